The number of anilines is 1. The summed E-state index contributed by atoms with van der Waals surface area (Å²) in [7, 11) is 0. The zero-order chi connectivity index (χ0) is 27.5. The highest BCUT2D eigenvalue weighted by Crippen LogP contribution is 2.31. The summed E-state index contributed by atoms with van der Waals surface area (Å²) in [5.74, 6) is -0.310. The van der Waals surface area contributed by atoms with E-state index >= 15 is 4.39 Å². The van der Waals surface area contributed by atoms with Crippen LogP contribution < -0.4 is 5.32 Å². The Balaban J connectivity index is 1.36. The number of hydrogen-bond donors (Lipinski definition) is 2. The third-order valence-corrected chi connectivity index (χ3v) is 7.20. The Morgan fingerprint density at radius 2 is 2.12 bits per heavy atom. The number of piperidine rings is 1. The third-order valence-electron chi connectivity index (χ3n) is 7.20. The fourth-order valence-electron chi connectivity index (χ4n) is 5.15. The number of rotatable bonds is 7. The molecular weight excluding hydrogens is 517 g/mol. The SMILES string of the molecule is O=C(O)N1CCC[C@@H](Nc2nc(-c3cnn4ccccc34)nc(-c3ccnc(COC4CCCCO4)c3)c2F)C1. The lowest BCUT2D eigenvalue weighted by molar-refractivity contribution is -0.169. The molecule has 2 aliphatic heterocycles. The van der Waals surface area contributed by atoms with Crippen molar-refractivity contribution in [1.29, 1.82) is 0 Å². The summed E-state index contributed by atoms with van der Waals surface area (Å²) in [6.45, 7) is 1.59. The Morgan fingerprint density at radius 3 is 2.98 bits per heavy atom. The molecule has 6 heterocycles. The molecule has 1 amide bonds. The van der Waals surface area contributed by atoms with Crippen LogP contribution in [0.1, 0.15) is 37.8 Å². The summed E-state index contributed by atoms with van der Waals surface area (Å²) in [5, 5.41) is 17.0. The van der Waals surface area contributed by atoms with Gasteiger partial charge in [-0.05, 0) is 56.4 Å². The summed E-state index contributed by atoms with van der Waals surface area (Å²) in [4.78, 5) is 26.5. The molecule has 2 atom stereocenters. The number of pyridine rings is 2. The number of nitrogens with zero attached hydrogens (tertiary/aromatic N) is 6. The molecule has 2 fully saturated rings. The highest BCUT2D eigenvalue weighted by atomic mass is 19.1. The lowest BCUT2D eigenvalue weighted by Gasteiger charge is -2.31. The van der Waals surface area contributed by atoms with Crippen LogP contribution in [0.3, 0.4) is 0 Å². The van der Waals surface area contributed by atoms with Crippen LogP contribution in [0.4, 0.5) is 15.0 Å². The summed E-state index contributed by atoms with van der Waals surface area (Å²) in [6.07, 6.45) is 8.08. The molecule has 208 valence electrons. The summed E-state index contributed by atoms with van der Waals surface area (Å²) in [6, 6.07) is 8.80. The van der Waals surface area contributed by atoms with Gasteiger partial charge >= 0.3 is 6.09 Å². The van der Waals surface area contributed by atoms with Gasteiger partial charge in [-0.15, -0.1) is 0 Å². The number of likely N-dealkylation sites (tertiary alicyclic amines) is 1. The molecule has 40 heavy (non-hydrogen) atoms. The lowest BCUT2D eigenvalue weighted by Crippen LogP contribution is -2.44. The lowest BCUT2D eigenvalue weighted by atomic mass is 10.1. The Bertz CT molecular complexity index is 1510. The molecule has 0 spiro atoms. The molecule has 4 aromatic heterocycles. The molecule has 1 unspecified atom stereocenters. The van der Waals surface area contributed by atoms with Crippen molar-refractivity contribution in [3.63, 3.8) is 0 Å². The Hall–Kier alpha value is -4.16. The largest absolute Gasteiger partial charge is 0.465 e. The molecular formula is C28H30FN7O4. The second-order valence-corrected chi connectivity index (χ2v) is 10.0. The minimum Gasteiger partial charge on any atom is -0.465 e. The number of aromatic nitrogens is 5. The molecule has 0 saturated carbocycles. The van der Waals surface area contributed by atoms with Crippen molar-refractivity contribution in [1.82, 2.24) is 29.5 Å². The van der Waals surface area contributed by atoms with E-state index in [1.165, 1.54) is 4.90 Å². The number of carboxylic acid groups (broad SMARTS) is 1. The van der Waals surface area contributed by atoms with Crippen LogP contribution in [-0.4, -0.2) is 72.7 Å². The Morgan fingerprint density at radius 1 is 1.20 bits per heavy atom. The molecule has 6 rings (SSSR count). The topological polar surface area (TPSA) is 127 Å². The van der Waals surface area contributed by atoms with E-state index in [4.69, 9.17) is 9.47 Å². The van der Waals surface area contributed by atoms with Crippen LogP contribution in [0.15, 0.2) is 48.9 Å². The van der Waals surface area contributed by atoms with Crippen LogP contribution in [0, 0.1) is 5.82 Å². The van der Waals surface area contributed by atoms with Crippen LogP contribution >= 0.6 is 0 Å². The molecule has 12 heteroatoms. The minimum atomic E-state index is -0.993. The van der Waals surface area contributed by atoms with Crippen molar-refractivity contribution in [2.24, 2.45) is 0 Å². The minimum absolute atomic E-state index is 0.0118. The van der Waals surface area contributed by atoms with Crippen molar-refractivity contribution < 1.29 is 23.8 Å². The molecule has 0 aliphatic carbocycles. The van der Waals surface area contributed by atoms with E-state index in [0.29, 0.717) is 48.6 Å². The summed E-state index contributed by atoms with van der Waals surface area (Å²) >= 11 is 0. The van der Waals surface area contributed by atoms with Gasteiger partial charge in [0, 0.05) is 43.7 Å². The highest BCUT2D eigenvalue weighted by molar-refractivity contribution is 5.78. The molecule has 0 aromatic carbocycles. The third kappa shape index (κ3) is 5.58. The number of halogens is 1. The van der Waals surface area contributed by atoms with E-state index in [1.54, 1.807) is 29.0 Å². The number of amides is 1. The second kappa shape index (κ2) is 11.5. The van der Waals surface area contributed by atoms with E-state index in [-0.39, 0.29) is 37.0 Å². The second-order valence-electron chi connectivity index (χ2n) is 10.0. The van der Waals surface area contributed by atoms with Gasteiger partial charge in [0.25, 0.3) is 0 Å². The molecule has 0 bridgehead atoms. The van der Waals surface area contributed by atoms with Gasteiger partial charge in [0.2, 0.25) is 0 Å². The average molecular weight is 548 g/mol. The van der Waals surface area contributed by atoms with Gasteiger partial charge in [-0.25, -0.2) is 23.7 Å². The highest BCUT2D eigenvalue weighted by Gasteiger charge is 2.26. The molecule has 4 aromatic rings. The molecule has 11 nitrogen and oxygen atoms in total. The van der Waals surface area contributed by atoms with Crippen LogP contribution in [0.2, 0.25) is 0 Å². The molecule has 2 N–H and O–H groups in total. The van der Waals surface area contributed by atoms with Crippen LogP contribution in [0.5, 0.6) is 0 Å². The summed E-state index contributed by atoms with van der Waals surface area (Å²) < 4.78 is 29.3. The standard InChI is InChI=1S/C28H30FN7O4/c29-24-25(18-9-10-30-20(14-18)17-40-23-8-2-4-13-39-23)33-26(21-15-31-36-12-3-1-7-22(21)36)34-27(24)32-19-6-5-11-35(16-19)28(37)38/h1,3,7,9-10,12,14-15,19,23H,2,4-6,8,11,13,16-17H2,(H,37,38)(H,32,33,34)/t19-,23?/m1/s1. The molecule has 2 aliphatic rings. The normalized spacial score (nSPS) is 19.6. The van der Waals surface area contributed by atoms with Gasteiger partial charge in [-0.2, -0.15) is 5.10 Å². The molecule has 0 radical (unpaired) electrons. The first-order valence-electron chi connectivity index (χ1n) is 13.5. The number of fused-ring (bicyclic) bond motifs is 1. The summed E-state index contributed by atoms with van der Waals surface area (Å²) in [5.41, 5.74) is 2.67. The van der Waals surface area contributed by atoms with Crippen molar-refractivity contribution in [2.45, 2.75) is 51.0 Å². The number of nitrogens with one attached hydrogen (secondary N) is 1. The van der Waals surface area contributed by atoms with Crippen molar-refractivity contribution in [2.75, 3.05) is 25.0 Å². The van der Waals surface area contributed by atoms with Gasteiger partial charge in [-0.1, -0.05) is 6.07 Å². The van der Waals surface area contributed by atoms with E-state index in [2.05, 4.69) is 25.4 Å². The number of carbonyl (C=O) groups is 1. The number of hydrogen-bond acceptors (Lipinski definition) is 8. The number of ether oxygens (including phenoxy) is 2. The monoisotopic (exact) mass is 547 g/mol. The Kier molecular flexibility index (Phi) is 7.51. The van der Waals surface area contributed by atoms with Crippen molar-refractivity contribution in [3.8, 4) is 22.6 Å². The quantitative estimate of drug-likeness (QED) is 0.342. The van der Waals surface area contributed by atoms with Crippen LogP contribution in [-0.2, 0) is 16.1 Å². The van der Waals surface area contributed by atoms with Crippen LogP contribution in [0.25, 0.3) is 28.2 Å². The van der Waals surface area contributed by atoms with E-state index in [1.807, 2.05) is 24.4 Å². The first kappa shape index (κ1) is 26.1. The fraction of sp³-hybridized carbons (Fsp3) is 0.393. The zero-order valence-corrected chi connectivity index (χ0v) is 21.9. The predicted molar refractivity (Wildman–Crippen MR) is 144 cm³/mol. The maximum Gasteiger partial charge on any atom is 0.407 e. The van der Waals surface area contributed by atoms with Crippen molar-refractivity contribution >= 4 is 17.4 Å². The van der Waals surface area contributed by atoms with E-state index in [9.17, 15) is 9.90 Å². The first-order chi connectivity index (χ1) is 19.5. The smallest absolute Gasteiger partial charge is 0.407 e. The fourth-order valence-corrected chi connectivity index (χ4v) is 5.15. The van der Waals surface area contributed by atoms with Gasteiger partial charge in [0.05, 0.1) is 29.6 Å². The zero-order valence-electron chi connectivity index (χ0n) is 21.9. The first-order valence-corrected chi connectivity index (χ1v) is 13.5. The van der Waals surface area contributed by atoms with E-state index in [0.717, 1.165) is 24.8 Å². The van der Waals surface area contributed by atoms with Gasteiger partial charge in [0.15, 0.2) is 23.7 Å². The van der Waals surface area contributed by atoms with Gasteiger partial charge in [-0.3, -0.25) is 4.98 Å². The Labute approximate surface area is 230 Å². The predicted octanol–water partition coefficient (Wildman–Crippen LogP) is 4.59. The van der Waals surface area contributed by atoms with Gasteiger partial charge in [0.1, 0.15) is 5.69 Å². The maximum atomic E-state index is 16.1. The molecule has 2 saturated heterocycles. The van der Waals surface area contributed by atoms with Gasteiger partial charge < -0.3 is 24.8 Å². The van der Waals surface area contributed by atoms with Crippen molar-refractivity contribution in [3.05, 3.63) is 60.4 Å². The maximum absolute atomic E-state index is 16.1. The average Bonchev–Trinajstić information content (AvgIpc) is 3.42. The van der Waals surface area contributed by atoms with E-state index < -0.39 is 11.9 Å².